The van der Waals surface area contributed by atoms with Gasteiger partial charge in [-0.2, -0.15) is 0 Å². The van der Waals surface area contributed by atoms with Crippen LogP contribution in [0.3, 0.4) is 0 Å². The molecule has 6 nitrogen and oxygen atoms in total. The van der Waals surface area contributed by atoms with E-state index in [1.165, 1.54) is 10.9 Å². The minimum Gasteiger partial charge on any atom is -0.383 e. The molecule has 1 aliphatic rings. The Labute approximate surface area is 185 Å². The summed E-state index contributed by atoms with van der Waals surface area (Å²) in [5.74, 6) is -2.46. The standard InChI is InChI=1S/C21H21F2N3O3S2/c1-29-9-8-26-20(28)18-13-4-2-3-5-16(13)31-19(18)25-21(26)30-11-17(27)24-12-6-7-14(22)15(23)10-12/h6-7,10H,2-5,8-9,11H2,1H3,(H,24,27). The van der Waals surface area contributed by atoms with E-state index in [0.717, 1.165) is 55.1 Å². The van der Waals surface area contributed by atoms with E-state index in [1.54, 1.807) is 23.0 Å². The number of carbonyl (C=O) groups excluding carboxylic acids is 1. The highest BCUT2D eigenvalue weighted by Gasteiger charge is 2.22. The fourth-order valence-corrected chi connectivity index (χ4v) is 5.74. The van der Waals surface area contributed by atoms with Gasteiger partial charge >= 0.3 is 0 Å². The van der Waals surface area contributed by atoms with Crippen molar-refractivity contribution in [1.29, 1.82) is 0 Å². The summed E-state index contributed by atoms with van der Waals surface area (Å²) in [5, 5.41) is 3.66. The number of fused-ring (bicyclic) bond motifs is 3. The molecule has 164 valence electrons. The van der Waals surface area contributed by atoms with Gasteiger partial charge in [-0.05, 0) is 43.4 Å². The molecule has 0 fully saturated rings. The van der Waals surface area contributed by atoms with Gasteiger partial charge in [0.05, 0.1) is 24.3 Å². The zero-order chi connectivity index (χ0) is 22.0. The summed E-state index contributed by atoms with van der Waals surface area (Å²) in [6, 6.07) is 3.16. The number of nitrogens with one attached hydrogen (secondary N) is 1. The van der Waals surface area contributed by atoms with Gasteiger partial charge in [0.1, 0.15) is 4.83 Å². The largest absolute Gasteiger partial charge is 0.383 e. The lowest BCUT2D eigenvalue weighted by Gasteiger charge is -2.13. The van der Waals surface area contributed by atoms with Crippen LogP contribution in [0.5, 0.6) is 0 Å². The number of hydrogen-bond donors (Lipinski definition) is 1. The number of nitrogens with zero attached hydrogens (tertiary/aromatic N) is 2. The van der Waals surface area contributed by atoms with Crippen LogP contribution in [-0.4, -0.2) is 34.9 Å². The molecule has 1 aliphatic carbocycles. The molecule has 1 amide bonds. The molecule has 0 bridgehead atoms. The van der Waals surface area contributed by atoms with Crippen LogP contribution in [0.25, 0.3) is 10.2 Å². The van der Waals surface area contributed by atoms with Gasteiger partial charge in [-0.1, -0.05) is 11.8 Å². The molecule has 2 aromatic heterocycles. The number of methoxy groups -OCH3 is 1. The summed E-state index contributed by atoms with van der Waals surface area (Å²) in [6.45, 7) is 0.671. The Morgan fingerprint density at radius 3 is 2.87 bits per heavy atom. The quantitative estimate of drug-likeness (QED) is 0.422. The molecule has 0 unspecified atom stereocenters. The van der Waals surface area contributed by atoms with Crippen molar-refractivity contribution < 1.29 is 18.3 Å². The van der Waals surface area contributed by atoms with Crippen LogP contribution < -0.4 is 10.9 Å². The first kappa shape index (κ1) is 21.9. The van der Waals surface area contributed by atoms with Crippen LogP contribution in [0.1, 0.15) is 23.3 Å². The van der Waals surface area contributed by atoms with E-state index in [-0.39, 0.29) is 17.0 Å². The van der Waals surface area contributed by atoms with Gasteiger partial charge in [0, 0.05) is 23.7 Å². The Bertz CT molecular complexity index is 1190. The first-order valence-electron chi connectivity index (χ1n) is 9.89. The van der Waals surface area contributed by atoms with Crippen LogP contribution in [0.15, 0.2) is 28.2 Å². The highest BCUT2D eigenvalue weighted by molar-refractivity contribution is 7.99. The lowest BCUT2D eigenvalue weighted by Crippen LogP contribution is -2.26. The van der Waals surface area contributed by atoms with E-state index in [1.807, 2.05) is 0 Å². The molecular formula is C21H21F2N3O3S2. The van der Waals surface area contributed by atoms with Crippen molar-refractivity contribution in [1.82, 2.24) is 9.55 Å². The minimum atomic E-state index is -1.03. The molecule has 3 aromatic rings. The van der Waals surface area contributed by atoms with Crippen molar-refractivity contribution in [2.45, 2.75) is 37.4 Å². The molecule has 2 heterocycles. The average molecular weight is 466 g/mol. The first-order valence-corrected chi connectivity index (χ1v) is 11.7. The van der Waals surface area contributed by atoms with Gasteiger partial charge in [-0.3, -0.25) is 14.2 Å². The second-order valence-electron chi connectivity index (χ2n) is 7.20. The van der Waals surface area contributed by atoms with Crippen molar-refractivity contribution in [2.24, 2.45) is 0 Å². The van der Waals surface area contributed by atoms with Gasteiger partial charge in [-0.25, -0.2) is 13.8 Å². The number of aromatic nitrogens is 2. The second kappa shape index (κ2) is 9.46. The third kappa shape index (κ3) is 4.65. The zero-order valence-corrected chi connectivity index (χ0v) is 18.5. The summed E-state index contributed by atoms with van der Waals surface area (Å²) in [4.78, 5) is 32.2. The van der Waals surface area contributed by atoms with Crippen molar-refractivity contribution in [2.75, 3.05) is 24.8 Å². The number of anilines is 1. The molecule has 0 spiro atoms. The van der Waals surface area contributed by atoms with Gasteiger partial charge in [0.15, 0.2) is 16.8 Å². The van der Waals surface area contributed by atoms with E-state index in [0.29, 0.717) is 28.5 Å². The number of rotatable bonds is 7. The number of halogens is 2. The molecule has 1 N–H and O–H groups in total. The summed E-state index contributed by atoms with van der Waals surface area (Å²) in [7, 11) is 1.56. The lowest BCUT2D eigenvalue weighted by atomic mass is 9.97. The van der Waals surface area contributed by atoms with Crippen LogP contribution in [-0.2, 0) is 28.9 Å². The van der Waals surface area contributed by atoms with E-state index < -0.39 is 17.5 Å². The minimum absolute atomic E-state index is 0.0327. The van der Waals surface area contributed by atoms with Crippen LogP contribution in [0.2, 0.25) is 0 Å². The molecule has 0 atom stereocenters. The number of aryl methyl sites for hydroxylation is 2. The average Bonchev–Trinajstić information content (AvgIpc) is 3.13. The van der Waals surface area contributed by atoms with Gasteiger partial charge in [-0.15, -0.1) is 11.3 Å². The molecule has 1 aromatic carbocycles. The fourth-order valence-electron chi connectivity index (χ4n) is 3.61. The first-order chi connectivity index (χ1) is 15.0. The molecule has 0 aliphatic heterocycles. The molecule has 0 saturated heterocycles. The highest BCUT2D eigenvalue weighted by Crippen LogP contribution is 2.34. The molecule has 10 heteroatoms. The summed E-state index contributed by atoms with van der Waals surface area (Å²) < 4.78 is 33.1. The van der Waals surface area contributed by atoms with Crippen molar-refractivity contribution in [3.63, 3.8) is 0 Å². The Hall–Kier alpha value is -2.30. The number of benzene rings is 1. The molecule has 0 radical (unpaired) electrons. The highest BCUT2D eigenvalue weighted by atomic mass is 32.2. The predicted molar refractivity (Wildman–Crippen MR) is 118 cm³/mol. The topological polar surface area (TPSA) is 73.2 Å². The summed E-state index contributed by atoms with van der Waals surface area (Å²) in [6.07, 6.45) is 4.03. The SMILES string of the molecule is COCCn1c(SCC(=O)Nc2ccc(F)c(F)c2)nc2sc3c(c2c1=O)CCCC3. The monoisotopic (exact) mass is 465 g/mol. The predicted octanol–water partition coefficient (Wildman–Crippen LogP) is 3.99. The van der Waals surface area contributed by atoms with Gasteiger partial charge in [0.2, 0.25) is 5.91 Å². The van der Waals surface area contributed by atoms with Crippen molar-refractivity contribution in [3.05, 3.63) is 50.6 Å². The Morgan fingerprint density at radius 1 is 1.29 bits per heavy atom. The smallest absolute Gasteiger partial charge is 0.263 e. The molecule has 31 heavy (non-hydrogen) atoms. The Balaban J connectivity index is 1.59. The number of hydrogen-bond acceptors (Lipinski definition) is 6. The Kier molecular flexibility index (Phi) is 6.68. The maximum Gasteiger partial charge on any atom is 0.263 e. The lowest BCUT2D eigenvalue weighted by molar-refractivity contribution is -0.113. The summed E-state index contributed by atoms with van der Waals surface area (Å²) >= 11 is 2.68. The third-order valence-electron chi connectivity index (χ3n) is 5.09. The normalized spacial score (nSPS) is 13.4. The van der Waals surface area contributed by atoms with Crippen molar-refractivity contribution in [3.8, 4) is 0 Å². The van der Waals surface area contributed by atoms with Crippen LogP contribution >= 0.6 is 23.1 Å². The maximum absolute atomic E-state index is 13.4. The number of thioether (sulfide) groups is 1. The number of amides is 1. The van der Waals surface area contributed by atoms with E-state index in [2.05, 4.69) is 5.32 Å². The van der Waals surface area contributed by atoms with E-state index in [9.17, 15) is 18.4 Å². The third-order valence-corrected chi connectivity index (χ3v) is 7.26. The number of carbonyl (C=O) groups is 1. The fraction of sp³-hybridized carbons (Fsp3) is 0.381. The number of ether oxygens (including phenoxy) is 1. The Morgan fingerprint density at radius 2 is 2.10 bits per heavy atom. The molecular weight excluding hydrogens is 444 g/mol. The maximum atomic E-state index is 13.4. The van der Waals surface area contributed by atoms with Crippen molar-refractivity contribution >= 4 is 44.9 Å². The van der Waals surface area contributed by atoms with Crippen LogP contribution in [0, 0.1) is 11.6 Å². The summed E-state index contributed by atoms with van der Waals surface area (Å²) in [5.41, 5.74) is 1.17. The van der Waals surface area contributed by atoms with Crippen LogP contribution in [0.4, 0.5) is 14.5 Å². The number of thiophene rings is 1. The molecule has 0 saturated carbocycles. The van der Waals surface area contributed by atoms with Gasteiger partial charge in [0.25, 0.3) is 5.56 Å². The second-order valence-corrected chi connectivity index (χ2v) is 9.23. The van der Waals surface area contributed by atoms with Gasteiger partial charge < -0.3 is 10.1 Å². The van der Waals surface area contributed by atoms with E-state index in [4.69, 9.17) is 9.72 Å². The molecule has 4 rings (SSSR count). The van der Waals surface area contributed by atoms with E-state index >= 15 is 0 Å². The zero-order valence-electron chi connectivity index (χ0n) is 16.9.